The highest BCUT2D eigenvalue weighted by Gasteiger charge is 2.19. The summed E-state index contributed by atoms with van der Waals surface area (Å²) < 4.78 is 17.2. The minimum atomic E-state index is -0.533. The molecule has 120 valence electrons. The number of benzene rings is 1. The second kappa shape index (κ2) is 6.81. The van der Waals surface area contributed by atoms with Gasteiger partial charge in [0.05, 0.1) is 0 Å². The molecule has 0 amide bonds. The largest absolute Gasteiger partial charge is 0.508 e. The fourth-order valence-corrected chi connectivity index (χ4v) is 2.49. The van der Waals surface area contributed by atoms with Crippen molar-refractivity contribution in [3.63, 3.8) is 0 Å². The maximum Gasteiger partial charge on any atom is 0.217 e. The lowest BCUT2D eigenvalue weighted by Gasteiger charge is -2.13. The molecule has 0 fully saturated rings. The minimum absolute atomic E-state index is 0.202. The number of phenols is 1. The quantitative estimate of drug-likeness (QED) is 0.688. The monoisotopic (exact) mass is 313 g/mol. The van der Waals surface area contributed by atoms with E-state index >= 15 is 0 Å². The number of aromatic nitrogens is 1. The van der Waals surface area contributed by atoms with E-state index in [2.05, 4.69) is 4.98 Å². The van der Waals surface area contributed by atoms with Gasteiger partial charge in [-0.05, 0) is 37.6 Å². The van der Waals surface area contributed by atoms with Crippen LogP contribution in [0.3, 0.4) is 0 Å². The molecule has 0 saturated heterocycles. The molecule has 3 rings (SSSR count). The van der Waals surface area contributed by atoms with E-state index in [1.54, 1.807) is 30.6 Å². The van der Waals surface area contributed by atoms with Crippen molar-refractivity contribution in [2.45, 2.75) is 20.1 Å². The second-order valence-corrected chi connectivity index (χ2v) is 5.05. The van der Waals surface area contributed by atoms with Crippen molar-refractivity contribution >= 4 is 11.0 Å². The summed E-state index contributed by atoms with van der Waals surface area (Å²) in [5.74, 6) is 0.811. The number of phenolic OH excluding ortho intramolecular Hbond substituents is 1. The number of nitrogens with zero attached hydrogens (tertiary/aromatic N) is 1. The zero-order chi connectivity index (χ0) is 16.2. The van der Waals surface area contributed by atoms with Gasteiger partial charge in [-0.3, -0.25) is 4.98 Å². The van der Waals surface area contributed by atoms with E-state index in [1.807, 2.05) is 26.0 Å². The number of fused-ring (bicyclic) bond motifs is 1. The van der Waals surface area contributed by atoms with E-state index in [9.17, 15) is 5.11 Å². The van der Waals surface area contributed by atoms with Crippen molar-refractivity contribution in [2.24, 2.45) is 0 Å². The summed E-state index contributed by atoms with van der Waals surface area (Å²) in [5.41, 5.74) is 2.36. The van der Waals surface area contributed by atoms with Crippen molar-refractivity contribution in [1.82, 2.24) is 4.98 Å². The van der Waals surface area contributed by atoms with Crippen molar-refractivity contribution in [2.75, 3.05) is 13.2 Å². The van der Waals surface area contributed by atoms with Gasteiger partial charge < -0.3 is 19.0 Å². The molecule has 0 aliphatic rings. The molecule has 0 bridgehead atoms. The Labute approximate surface area is 134 Å². The third-order valence-corrected chi connectivity index (χ3v) is 3.47. The van der Waals surface area contributed by atoms with E-state index in [4.69, 9.17) is 13.9 Å². The first kappa shape index (κ1) is 15.5. The molecule has 0 radical (unpaired) electrons. The molecule has 0 spiro atoms. The molecule has 0 saturated carbocycles. The third-order valence-electron chi connectivity index (χ3n) is 3.47. The highest BCUT2D eigenvalue weighted by Crippen LogP contribution is 2.34. The lowest BCUT2D eigenvalue weighted by atomic mass is 10.1. The van der Waals surface area contributed by atoms with Crippen molar-refractivity contribution in [1.29, 1.82) is 0 Å². The molecule has 0 aliphatic heterocycles. The first-order valence-electron chi connectivity index (χ1n) is 7.63. The number of hydrogen-bond acceptors (Lipinski definition) is 5. The molecule has 1 aromatic carbocycles. The van der Waals surface area contributed by atoms with Crippen LogP contribution >= 0.6 is 0 Å². The molecule has 2 aromatic heterocycles. The molecule has 3 aromatic rings. The molecule has 1 N–H and O–H groups in total. The number of rotatable bonds is 6. The summed E-state index contributed by atoms with van der Waals surface area (Å²) in [4.78, 5) is 4.26. The Hall–Kier alpha value is -2.37. The number of furan rings is 1. The van der Waals surface area contributed by atoms with Crippen molar-refractivity contribution < 1.29 is 19.0 Å². The summed E-state index contributed by atoms with van der Waals surface area (Å²) in [6.07, 6.45) is 2.93. The Kier molecular flexibility index (Phi) is 4.60. The third kappa shape index (κ3) is 3.21. The highest BCUT2D eigenvalue weighted by molar-refractivity contribution is 5.92. The first-order chi connectivity index (χ1) is 11.2. The summed E-state index contributed by atoms with van der Waals surface area (Å²) in [6.45, 7) is 4.88. The van der Waals surface area contributed by atoms with Gasteiger partial charge in [0.15, 0.2) is 5.76 Å². The number of ether oxygens (including phenoxy) is 2. The van der Waals surface area contributed by atoms with Crippen LogP contribution in [-0.2, 0) is 9.47 Å². The van der Waals surface area contributed by atoms with Crippen LogP contribution in [0.4, 0.5) is 0 Å². The van der Waals surface area contributed by atoms with Crippen LogP contribution in [0.2, 0.25) is 0 Å². The van der Waals surface area contributed by atoms with Crippen molar-refractivity contribution in [3.05, 3.63) is 48.5 Å². The summed E-state index contributed by atoms with van der Waals surface area (Å²) in [5, 5.41) is 10.6. The fourth-order valence-electron chi connectivity index (χ4n) is 2.49. The van der Waals surface area contributed by atoms with Gasteiger partial charge in [-0.2, -0.15) is 0 Å². The van der Waals surface area contributed by atoms with Crippen LogP contribution in [0.1, 0.15) is 25.9 Å². The van der Waals surface area contributed by atoms with Crippen LogP contribution in [0, 0.1) is 0 Å². The Bertz CT molecular complexity index is 791. The lowest BCUT2D eigenvalue weighted by Crippen LogP contribution is -2.07. The average molecular weight is 313 g/mol. The average Bonchev–Trinajstić information content (AvgIpc) is 2.98. The Morgan fingerprint density at radius 2 is 1.91 bits per heavy atom. The van der Waals surface area contributed by atoms with Crippen LogP contribution in [0.15, 0.2) is 47.1 Å². The summed E-state index contributed by atoms with van der Waals surface area (Å²) >= 11 is 0. The van der Waals surface area contributed by atoms with Gasteiger partial charge in [0.2, 0.25) is 6.29 Å². The van der Waals surface area contributed by atoms with E-state index in [1.165, 1.54) is 0 Å². The molecule has 0 unspecified atom stereocenters. The fraction of sp³-hybridized carbons (Fsp3) is 0.278. The Balaban J connectivity index is 2.07. The number of pyridine rings is 1. The molecular weight excluding hydrogens is 294 g/mol. The van der Waals surface area contributed by atoms with Gasteiger partial charge in [0.1, 0.15) is 11.3 Å². The molecule has 2 heterocycles. The SMILES string of the molecule is CCOC(OCC)c1cc2cncc(-c3cccc(O)c3)c2o1. The van der Waals surface area contributed by atoms with Crippen LogP contribution in [0.25, 0.3) is 22.1 Å². The van der Waals surface area contributed by atoms with Gasteiger partial charge in [-0.15, -0.1) is 0 Å². The Morgan fingerprint density at radius 3 is 2.61 bits per heavy atom. The number of aromatic hydroxyl groups is 1. The molecule has 5 nitrogen and oxygen atoms in total. The van der Waals surface area contributed by atoms with Gasteiger partial charge in [0, 0.05) is 36.6 Å². The standard InChI is InChI=1S/C18H19NO4/c1-3-21-18(22-4-2)16-9-13-10-19-11-15(17(13)23-16)12-6-5-7-14(20)8-12/h5-11,18,20H,3-4H2,1-2H3. The minimum Gasteiger partial charge on any atom is -0.508 e. The zero-order valence-corrected chi connectivity index (χ0v) is 13.2. The van der Waals surface area contributed by atoms with E-state index in [-0.39, 0.29) is 5.75 Å². The van der Waals surface area contributed by atoms with Crippen LogP contribution in [0.5, 0.6) is 5.75 Å². The number of hydrogen-bond donors (Lipinski definition) is 1. The molecular formula is C18H19NO4. The predicted molar refractivity (Wildman–Crippen MR) is 87.1 cm³/mol. The first-order valence-corrected chi connectivity index (χ1v) is 7.63. The molecule has 0 atom stereocenters. The summed E-state index contributed by atoms with van der Waals surface area (Å²) in [6, 6.07) is 8.88. The smallest absolute Gasteiger partial charge is 0.217 e. The second-order valence-electron chi connectivity index (χ2n) is 5.05. The lowest BCUT2D eigenvalue weighted by molar-refractivity contribution is -0.150. The summed E-state index contributed by atoms with van der Waals surface area (Å²) in [7, 11) is 0. The zero-order valence-electron chi connectivity index (χ0n) is 13.2. The molecule has 23 heavy (non-hydrogen) atoms. The highest BCUT2D eigenvalue weighted by atomic mass is 16.7. The predicted octanol–water partition coefficient (Wildman–Crippen LogP) is 4.27. The Morgan fingerprint density at radius 1 is 1.13 bits per heavy atom. The maximum atomic E-state index is 9.69. The maximum absolute atomic E-state index is 9.69. The van der Waals surface area contributed by atoms with E-state index in [0.717, 1.165) is 16.5 Å². The topological polar surface area (TPSA) is 64.7 Å². The van der Waals surface area contributed by atoms with Gasteiger partial charge in [0.25, 0.3) is 0 Å². The normalized spacial score (nSPS) is 11.4. The van der Waals surface area contributed by atoms with E-state index < -0.39 is 6.29 Å². The molecule has 0 aliphatic carbocycles. The van der Waals surface area contributed by atoms with E-state index in [0.29, 0.717) is 24.6 Å². The van der Waals surface area contributed by atoms with Gasteiger partial charge in [-0.25, -0.2) is 0 Å². The van der Waals surface area contributed by atoms with Crippen LogP contribution < -0.4 is 0 Å². The van der Waals surface area contributed by atoms with Gasteiger partial charge in [-0.1, -0.05) is 12.1 Å². The van der Waals surface area contributed by atoms with Crippen LogP contribution in [-0.4, -0.2) is 23.3 Å². The van der Waals surface area contributed by atoms with Gasteiger partial charge >= 0.3 is 0 Å². The van der Waals surface area contributed by atoms with Crippen molar-refractivity contribution in [3.8, 4) is 16.9 Å². The molecule has 5 heteroatoms.